The first-order chi connectivity index (χ1) is 6.46. The molecular formula is C9H20O4Si. The van der Waals surface area contributed by atoms with Gasteiger partial charge in [-0.1, -0.05) is 13.5 Å². The molecule has 0 aromatic carbocycles. The molecule has 0 rings (SSSR count). The fourth-order valence-electron chi connectivity index (χ4n) is 0.347. The maximum atomic E-state index is 10.8. The monoisotopic (exact) mass is 220 g/mol. The molecule has 0 saturated carbocycles. The summed E-state index contributed by atoms with van der Waals surface area (Å²) >= 11 is 0. The fourth-order valence-corrected chi connectivity index (χ4v) is 0.347. The van der Waals surface area contributed by atoms with E-state index in [0.717, 1.165) is 23.4 Å². The first kappa shape index (κ1) is 15.8. The van der Waals surface area contributed by atoms with Crippen molar-refractivity contribution in [2.75, 3.05) is 6.61 Å². The predicted octanol–water partition coefficient (Wildman–Crippen LogP) is 0.137. The van der Waals surface area contributed by atoms with Gasteiger partial charge in [-0.3, -0.25) is 0 Å². The van der Waals surface area contributed by atoms with Gasteiger partial charge in [-0.15, -0.1) is 0 Å². The van der Waals surface area contributed by atoms with Gasteiger partial charge in [0, 0.05) is 6.61 Å². The molecule has 0 saturated heterocycles. The molecule has 0 heterocycles. The lowest BCUT2D eigenvalue weighted by Crippen LogP contribution is -2.34. The Balaban J connectivity index is 0. The number of carbonyl (C=O) groups excluding carboxylic acids is 1. The van der Waals surface area contributed by atoms with E-state index in [9.17, 15) is 9.90 Å². The lowest BCUT2D eigenvalue weighted by Gasteiger charge is -2.16. The largest absolute Gasteiger partial charge is 0.433 e. The maximum Gasteiger partial charge on any atom is 0.342 e. The van der Waals surface area contributed by atoms with Crippen molar-refractivity contribution >= 4 is 16.5 Å². The van der Waals surface area contributed by atoms with Crippen LogP contribution in [0.15, 0.2) is 12.8 Å². The molecule has 84 valence electrons. The molecule has 0 amide bonds. The highest BCUT2D eigenvalue weighted by molar-refractivity contribution is 5.97. The van der Waals surface area contributed by atoms with Gasteiger partial charge in [-0.2, -0.15) is 0 Å². The minimum absolute atomic E-state index is 0.333. The van der Waals surface area contributed by atoms with Crippen LogP contribution in [0.5, 0.6) is 0 Å². The number of hydrogen-bond donors (Lipinski definition) is 1. The molecule has 0 aromatic rings. The number of carbonyl (C=O) groups is 1. The second-order valence-corrected chi connectivity index (χ2v) is 3.35. The third-order valence-electron chi connectivity index (χ3n) is 1.61. The van der Waals surface area contributed by atoms with E-state index < -0.39 is 11.6 Å². The molecule has 0 aliphatic rings. The van der Waals surface area contributed by atoms with Gasteiger partial charge in [-0.05, 0) is 20.3 Å². The zero-order valence-corrected chi connectivity index (χ0v) is 11.4. The van der Waals surface area contributed by atoms with Gasteiger partial charge in [0.2, 0.25) is 0 Å². The van der Waals surface area contributed by atoms with Gasteiger partial charge in [0.1, 0.15) is 10.5 Å². The Hall–Kier alpha value is -0.653. The van der Waals surface area contributed by atoms with Gasteiger partial charge in [0.05, 0.1) is 6.26 Å². The summed E-state index contributed by atoms with van der Waals surface area (Å²) in [5.41, 5.74) is -1.38. The minimum Gasteiger partial charge on any atom is -0.433 e. The van der Waals surface area contributed by atoms with Gasteiger partial charge < -0.3 is 14.3 Å². The quantitative estimate of drug-likeness (QED) is 0.416. The summed E-state index contributed by atoms with van der Waals surface area (Å²) in [6.07, 6.45) is 1.34. The van der Waals surface area contributed by atoms with Crippen LogP contribution in [0.2, 0.25) is 0 Å². The third-order valence-corrected chi connectivity index (χ3v) is 2.18. The standard InChI is InChI=1S/C7H12O3.C2H8OSi/c1-4-7(3,9)6(8)10-5-2;1-2-3-4/h5,9H,2,4H2,1,3H3;2H2,1,4H3. The smallest absolute Gasteiger partial charge is 0.342 e. The fraction of sp³-hybridized carbons (Fsp3) is 0.667. The molecule has 0 aromatic heterocycles. The summed E-state index contributed by atoms with van der Waals surface area (Å²) in [5, 5.41) is 9.20. The van der Waals surface area contributed by atoms with E-state index in [1.165, 1.54) is 6.92 Å². The topological polar surface area (TPSA) is 55.8 Å². The lowest BCUT2D eigenvalue weighted by molar-refractivity contribution is -0.157. The van der Waals surface area contributed by atoms with Crippen LogP contribution >= 0.6 is 0 Å². The Morgan fingerprint density at radius 1 is 1.64 bits per heavy atom. The van der Waals surface area contributed by atoms with Crippen molar-refractivity contribution in [2.45, 2.75) is 32.8 Å². The summed E-state index contributed by atoms with van der Waals surface area (Å²) < 4.78 is 9.05. The van der Waals surface area contributed by atoms with E-state index in [4.69, 9.17) is 0 Å². The zero-order chi connectivity index (χ0) is 11.6. The zero-order valence-electron chi connectivity index (χ0n) is 9.37. The van der Waals surface area contributed by atoms with E-state index in [-0.39, 0.29) is 0 Å². The average Bonchev–Trinajstić information content (AvgIpc) is 2.18. The molecule has 1 atom stereocenters. The summed E-state index contributed by atoms with van der Waals surface area (Å²) in [6.45, 7) is 9.17. The molecule has 0 bridgehead atoms. The first-order valence-electron chi connectivity index (χ1n) is 4.49. The molecule has 1 N–H and O–H groups in total. The second-order valence-electron chi connectivity index (χ2n) is 2.78. The van der Waals surface area contributed by atoms with Crippen LogP contribution in [-0.4, -0.2) is 33.8 Å². The Kier molecular flexibility index (Phi) is 10.1. The lowest BCUT2D eigenvalue weighted by atomic mass is 10.1. The van der Waals surface area contributed by atoms with Crippen molar-refractivity contribution in [1.29, 1.82) is 0 Å². The van der Waals surface area contributed by atoms with Crippen LogP contribution in [-0.2, 0) is 14.0 Å². The van der Waals surface area contributed by atoms with E-state index >= 15 is 0 Å². The van der Waals surface area contributed by atoms with Crippen LogP contribution in [0.3, 0.4) is 0 Å². The highest BCUT2D eigenvalue weighted by atomic mass is 28.2. The van der Waals surface area contributed by atoms with Crippen LogP contribution in [0, 0.1) is 0 Å². The van der Waals surface area contributed by atoms with Crippen LogP contribution < -0.4 is 0 Å². The van der Waals surface area contributed by atoms with Gasteiger partial charge in [-0.25, -0.2) is 4.79 Å². The summed E-state index contributed by atoms with van der Waals surface area (Å²) in [5.74, 6) is -0.662. The first-order valence-corrected chi connectivity index (χ1v) is 5.31. The Morgan fingerprint density at radius 2 is 2.07 bits per heavy atom. The Bertz CT molecular complexity index is 166. The van der Waals surface area contributed by atoms with E-state index in [0.29, 0.717) is 6.42 Å². The van der Waals surface area contributed by atoms with Crippen LogP contribution in [0.25, 0.3) is 0 Å². The Labute approximate surface area is 88.5 Å². The molecule has 0 spiro atoms. The molecule has 0 radical (unpaired) electrons. The third kappa shape index (κ3) is 7.97. The molecule has 4 nitrogen and oxygen atoms in total. The number of ether oxygens (including phenoxy) is 1. The normalized spacial score (nSPS) is 13.4. The summed E-state index contributed by atoms with van der Waals surface area (Å²) in [7, 11) is 0.890. The second kappa shape index (κ2) is 8.92. The van der Waals surface area contributed by atoms with Gasteiger partial charge in [0.15, 0.2) is 5.60 Å². The van der Waals surface area contributed by atoms with Crippen molar-refractivity contribution in [3.05, 3.63) is 12.8 Å². The Morgan fingerprint density at radius 3 is 2.29 bits per heavy atom. The molecule has 5 heteroatoms. The minimum atomic E-state index is -1.38. The summed E-state index contributed by atoms with van der Waals surface area (Å²) in [4.78, 5) is 10.8. The highest BCUT2D eigenvalue weighted by Gasteiger charge is 2.28. The molecule has 0 aliphatic carbocycles. The van der Waals surface area contributed by atoms with E-state index in [1.54, 1.807) is 6.92 Å². The molecule has 0 fully saturated rings. The molecule has 14 heavy (non-hydrogen) atoms. The molecular weight excluding hydrogens is 200 g/mol. The van der Waals surface area contributed by atoms with Crippen molar-refractivity contribution in [3.8, 4) is 0 Å². The van der Waals surface area contributed by atoms with Crippen molar-refractivity contribution < 1.29 is 19.1 Å². The van der Waals surface area contributed by atoms with Crippen LogP contribution in [0.4, 0.5) is 0 Å². The molecule has 0 aliphatic heterocycles. The van der Waals surface area contributed by atoms with E-state index in [2.05, 4.69) is 15.7 Å². The van der Waals surface area contributed by atoms with E-state index in [1.807, 2.05) is 6.92 Å². The average molecular weight is 220 g/mol. The number of aliphatic hydroxyl groups is 1. The maximum absolute atomic E-state index is 10.8. The predicted molar refractivity (Wildman–Crippen MR) is 58.8 cm³/mol. The van der Waals surface area contributed by atoms with Gasteiger partial charge in [0.25, 0.3) is 0 Å². The SMILES string of the molecule is C=COC(=O)C(C)(O)CC.CCO[SiH3]. The number of hydrogen-bond acceptors (Lipinski definition) is 4. The van der Waals surface area contributed by atoms with Gasteiger partial charge >= 0.3 is 5.97 Å². The summed E-state index contributed by atoms with van der Waals surface area (Å²) in [6, 6.07) is 0. The van der Waals surface area contributed by atoms with Crippen molar-refractivity contribution in [1.82, 2.24) is 0 Å². The molecule has 1 unspecified atom stereocenters. The van der Waals surface area contributed by atoms with Crippen molar-refractivity contribution in [3.63, 3.8) is 0 Å². The number of rotatable bonds is 4. The van der Waals surface area contributed by atoms with Crippen molar-refractivity contribution in [2.24, 2.45) is 0 Å². The number of esters is 1. The highest BCUT2D eigenvalue weighted by Crippen LogP contribution is 2.10. The van der Waals surface area contributed by atoms with Crippen LogP contribution in [0.1, 0.15) is 27.2 Å².